The lowest BCUT2D eigenvalue weighted by molar-refractivity contribution is -0.678. The van der Waals surface area contributed by atoms with Crippen molar-refractivity contribution >= 4 is 22.2 Å². The number of nitrogens with zero attached hydrogens (tertiary/aromatic N) is 4. The lowest BCUT2D eigenvalue weighted by Gasteiger charge is -2.33. The topological polar surface area (TPSA) is 118 Å². The molecule has 2 bridgehead atoms. The Hall–Kier alpha value is -3.20. The second-order valence-electron chi connectivity index (χ2n) is 11.1. The van der Waals surface area contributed by atoms with Crippen LogP contribution in [0.2, 0.25) is 0 Å². The van der Waals surface area contributed by atoms with Gasteiger partial charge in [-0.25, -0.2) is 14.8 Å². The summed E-state index contributed by atoms with van der Waals surface area (Å²) in [5.41, 5.74) is 2.69. The molecule has 3 aromatic heterocycles. The number of nitrogens with two attached hydrogens (primary N) is 1. The van der Waals surface area contributed by atoms with Gasteiger partial charge in [0.25, 0.3) is 5.56 Å². The number of benzene rings is 1. The van der Waals surface area contributed by atoms with Gasteiger partial charge in [-0.05, 0) is 62.5 Å². The summed E-state index contributed by atoms with van der Waals surface area (Å²) in [6.45, 7) is 7.04. The number of fused-ring (bicyclic) bond motifs is 4. The van der Waals surface area contributed by atoms with Gasteiger partial charge in [-0.3, -0.25) is 13.9 Å². The van der Waals surface area contributed by atoms with E-state index in [9.17, 15) is 9.59 Å². The Labute approximate surface area is 215 Å². The third-order valence-corrected chi connectivity index (χ3v) is 8.67. The standard InChI is InChI=1S/C28H37N7O2/c1-3-11-34-26-24(27(36)35(12-4-2)28(34)37)32-25(33-26)19-13-17-9-10-18(14-19)20(17)15-29-16-23-30-21-7-5-6-8-22(21)31-23/h5-8,17-20,29H,3-4,9-16H2,1-2H3,(H,30,31)(H,32,33)/p+1. The van der Waals surface area contributed by atoms with Gasteiger partial charge in [-0.1, -0.05) is 26.0 Å². The van der Waals surface area contributed by atoms with Gasteiger partial charge >= 0.3 is 5.69 Å². The number of hydrogen-bond donors (Lipinski definition) is 3. The van der Waals surface area contributed by atoms with Crippen molar-refractivity contribution in [3.05, 3.63) is 56.8 Å². The van der Waals surface area contributed by atoms with Crippen LogP contribution in [0.1, 0.15) is 69.9 Å². The van der Waals surface area contributed by atoms with E-state index in [0.29, 0.717) is 47.9 Å². The highest BCUT2D eigenvalue weighted by Crippen LogP contribution is 2.51. The van der Waals surface area contributed by atoms with Crippen LogP contribution in [0.25, 0.3) is 22.2 Å². The molecule has 6 rings (SSSR count). The largest absolute Gasteiger partial charge is 0.340 e. The molecule has 1 aromatic carbocycles. The molecule has 196 valence electrons. The normalized spacial score (nSPS) is 23.4. The first-order chi connectivity index (χ1) is 18.1. The van der Waals surface area contributed by atoms with E-state index in [1.54, 1.807) is 4.57 Å². The molecule has 2 unspecified atom stereocenters. The number of para-hydroxylation sites is 2. The van der Waals surface area contributed by atoms with E-state index < -0.39 is 0 Å². The van der Waals surface area contributed by atoms with Crippen LogP contribution in [0.3, 0.4) is 0 Å². The minimum Gasteiger partial charge on any atom is -0.340 e. The van der Waals surface area contributed by atoms with E-state index in [1.807, 2.05) is 26.0 Å². The number of rotatable bonds is 9. The van der Waals surface area contributed by atoms with Crippen molar-refractivity contribution in [3.8, 4) is 0 Å². The Kier molecular flexibility index (Phi) is 6.48. The molecule has 2 aliphatic carbocycles. The first-order valence-corrected chi connectivity index (χ1v) is 14.1. The molecular weight excluding hydrogens is 466 g/mol. The smallest absolute Gasteiger partial charge is 0.332 e. The highest BCUT2D eigenvalue weighted by atomic mass is 16.2. The lowest BCUT2D eigenvalue weighted by Crippen LogP contribution is -2.84. The summed E-state index contributed by atoms with van der Waals surface area (Å²) in [5.74, 6) is 4.33. The van der Waals surface area contributed by atoms with Crippen molar-refractivity contribution < 1.29 is 5.32 Å². The molecule has 2 aliphatic rings. The first-order valence-electron chi connectivity index (χ1n) is 14.1. The van der Waals surface area contributed by atoms with Crippen molar-refractivity contribution in [3.63, 3.8) is 0 Å². The number of aromatic amines is 2. The van der Waals surface area contributed by atoms with E-state index in [0.717, 1.165) is 61.5 Å². The van der Waals surface area contributed by atoms with Crippen molar-refractivity contribution in [2.75, 3.05) is 6.54 Å². The minimum atomic E-state index is -0.233. The van der Waals surface area contributed by atoms with E-state index in [1.165, 1.54) is 17.4 Å². The molecule has 0 radical (unpaired) electrons. The summed E-state index contributed by atoms with van der Waals surface area (Å²) in [7, 11) is 0. The third-order valence-electron chi connectivity index (χ3n) is 8.67. The molecule has 0 amide bonds. The van der Waals surface area contributed by atoms with E-state index in [4.69, 9.17) is 9.97 Å². The maximum absolute atomic E-state index is 13.1. The monoisotopic (exact) mass is 504 g/mol. The average Bonchev–Trinajstić information content (AvgIpc) is 3.58. The van der Waals surface area contributed by atoms with E-state index >= 15 is 0 Å². The van der Waals surface area contributed by atoms with E-state index in [-0.39, 0.29) is 11.2 Å². The summed E-state index contributed by atoms with van der Waals surface area (Å²) < 4.78 is 3.07. The summed E-state index contributed by atoms with van der Waals surface area (Å²) in [6.07, 6.45) is 6.31. The Morgan fingerprint density at radius 1 is 0.973 bits per heavy atom. The highest BCUT2D eigenvalue weighted by Gasteiger charge is 2.44. The molecule has 4 aromatic rings. The molecule has 9 nitrogen and oxygen atoms in total. The van der Waals surface area contributed by atoms with Crippen LogP contribution < -0.4 is 16.6 Å². The molecule has 2 fully saturated rings. The Bertz CT molecular complexity index is 1480. The molecule has 4 N–H and O–H groups in total. The van der Waals surface area contributed by atoms with Crippen LogP contribution in [0.15, 0.2) is 33.9 Å². The highest BCUT2D eigenvalue weighted by molar-refractivity contribution is 5.74. The fourth-order valence-electron chi connectivity index (χ4n) is 7.00. The molecule has 0 aliphatic heterocycles. The van der Waals surface area contributed by atoms with E-state index in [2.05, 4.69) is 27.4 Å². The van der Waals surface area contributed by atoms with Gasteiger partial charge in [-0.15, -0.1) is 0 Å². The number of nitrogens with one attached hydrogen (secondary N) is 2. The SMILES string of the molecule is CCCn1c(=O)c2[nH]c(C3CC4CCC(C3)C4C[NH2+]Cc3nc4ccccc4[nH]3)nc2n(CCC)c1=O. The second-order valence-corrected chi connectivity index (χ2v) is 11.1. The van der Waals surface area contributed by atoms with Gasteiger partial charge < -0.3 is 15.3 Å². The van der Waals surface area contributed by atoms with Crippen LogP contribution >= 0.6 is 0 Å². The van der Waals surface area contributed by atoms with Crippen molar-refractivity contribution in [1.82, 2.24) is 29.1 Å². The van der Waals surface area contributed by atoms with Gasteiger partial charge in [-0.2, -0.15) is 0 Å². The van der Waals surface area contributed by atoms with Gasteiger partial charge in [0, 0.05) is 24.9 Å². The van der Waals surface area contributed by atoms with Crippen molar-refractivity contribution in [2.24, 2.45) is 17.8 Å². The van der Waals surface area contributed by atoms with Crippen LogP contribution in [0.4, 0.5) is 0 Å². The average molecular weight is 505 g/mol. The quantitative estimate of drug-likeness (QED) is 0.325. The predicted octanol–water partition coefficient (Wildman–Crippen LogP) is 2.87. The van der Waals surface area contributed by atoms with Crippen LogP contribution in [-0.4, -0.2) is 35.6 Å². The predicted molar refractivity (Wildman–Crippen MR) is 143 cm³/mol. The minimum absolute atomic E-state index is 0.232. The van der Waals surface area contributed by atoms with Gasteiger partial charge in [0.15, 0.2) is 11.5 Å². The number of hydrogen-bond acceptors (Lipinski definition) is 4. The third kappa shape index (κ3) is 4.33. The molecule has 3 heterocycles. The summed E-state index contributed by atoms with van der Waals surface area (Å²) in [5, 5.41) is 2.41. The lowest BCUT2D eigenvalue weighted by atomic mass is 9.73. The molecule has 37 heavy (non-hydrogen) atoms. The van der Waals surface area contributed by atoms with Gasteiger partial charge in [0.05, 0.1) is 17.6 Å². The molecular formula is C28H38N7O2+. The number of imidazole rings is 2. The number of quaternary nitrogens is 1. The summed E-state index contributed by atoms with van der Waals surface area (Å²) in [6, 6.07) is 8.19. The van der Waals surface area contributed by atoms with Crippen LogP contribution in [0, 0.1) is 17.8 Å². The Balaban J connectivity index is 1.18. The molecule has 0 spiro atoms. The molecule has 0 saturated heterocycles. The number of aromatic nitrogens is 6. The zero-order valence-electron chi connectivity index (χ0n) is 21.9. The fraction of sp³-hybridized carbons (Fsp3) is 0.571. The Morgan fingerprint density at radius 3 is 2.43 bits per heavy atom. The Morgan fingerprint density at radius 2 is 1.70 bits per heavy atom. The van der Waals surface area contributed by atoms with Crippen LogP contribution in [-0.2, 0) is 19.6 Å². The molecule has 9 heteroatoms. The van der Waals surface area contributed by atoms with Gasteiger partial charge in [0.1, 0.15) is 17.9 Å². The number of aryl methyl sites for hydroxylation is 1. The zero-order valence-corrected chi connectivity index (χ0v) is 21.9. The van der Waals surface area contributed by atoms with Crippen molar-refractivity contribution in [2.45, 2.75) is 77.9 Å². The maximum Gasteiger partial charge on any atom is 0.332 e. The summed E-state index contributed by atoms with van der Waals surface area (Å²) in [4.78, 5) is 42.6. The number of H-pyrrole nitrogens is 2. The first kappa shape index (κ1) is 24.2. The zero-order chi connectivity index (χ0) is 25.5. The fourth-order valence-corrected chi connectivity index (χ4v) is 7.00. The molecule has 2 saturated carbocycles. The van der Waals surface area contributed by atoms with Gasteiger partial charge in [0.2, 0.25) is 0 Å². The van der Waals surface area contributed by atoms with Crippen molar-refractivity contribution in [1.29, 1.82) is 0 Å². The molecule has 2 atom stereocenters. The maximum atomic E-state index is 13.1. The summed E-state index contributed by atoms with van der Waals surface area (Å²) >= 11 is 0. The van der Waals surface area contributed by atoms with Crippen LogP contribution in [0.5, 0.6) is 0 Å². The second kappa shape index (κ2) is 9.93.